The molecule has 1 atom stereocenters. The average molecular weight is 353 g/mol. The monoisotopic (exact) mass is 352 g/mol. The first-order chi connectivity index (χ1) is 9.67. The van der Waals surface area contributed by atoms with Gasteiger partial charge in [0.2, 0.25) is 0 Å². The molecule has 4 heteroatoms. The minimum absolute atomic E-state index is 0.456. The third kappa shape index (κ3) is 5.00. The number of nitrogens with one attached hydrogen (secondary N) is 1. The lowest BCUT2D eigenvalue weighted by molar-refractivity contribution is 0.501. The Morgan fingerprint density at radius 1 is 1.25 bits per heavy atom. The van der Waals surface area contributed by atoms with Crippen molar-refractivity contribution in [3.63, 3.8) is 0 Å². The van der Waals surface area contributed by atoms with E-state index >= 15 is 0 Å². The van der Waals surface area contributed by atoms with Gasteiger partial charge in [0.05, 0.1) is 10.7 Å². The molecule has 0 radical (unpaired) electrons. The Kier molecular flexibility index (Phi) is 6.20. The lowest BCUT2D eigenvalue weighted by Gasteiger charge is -2.17. The normalized spacial score (nSPS) is 12.6. The zero-order chi connectivity index (χ0) is 14.4. The van der Waals surface area contributed by atoms with E-state index in [1.54, 1.807) is 11.3 Å². The molecule has 0 saturated heterocycles. The highest BCUT2D eigenvalue weighted by molar-refractivity contribution is 9.10. The highest BCUT2D eigenvalue weighted by Gasteiger charge is 2.11. The maximum atomic E-state index is 4.59. The van der Waals surface area contributed by atoms with E-state index in [-0.39, 0.29) is 0 Å². The standard InChI is InChI=1S/C16H21BrN2S/c1-3-8-18-15(10-16-11-20-12(2)19-16)9-13-4-6-14(17)7-5-13/h4-7,11,15,18H,3,8-10H2,1-2H3. The fourth-order valence-corrected chi connectivity index (χ4v) is 3.11. The lowest BCUT2D eigenvalue weighted by atomic mass is 10.0. The van der Waals surface area contributed by atoms with Crippen molar-refractivity contribution in [2.75, 3.05) is 6.54 Å². The molecule has 1 N–H and O–H groups in total. The summed E-state index contributed by atoms with van der Waals surface area (Å²) in [5.74, 6) is 0. The number of thiazole rings is 1. The molecular formula is C16H21BrN2S. The quantitative estimate of drug-likeness (QED) is 0.800. The minimum atomic E-state index is 0.456. The zero-order valence-corrected chi connectivity index (χ0v) is 14.4. The molecular weight excluding hydrogens is 332 g/mol. The molecule has 1 heterocycles. The number of nitrogens with zero attached hydrogens (tertiary/aromatic N) is 1. The third-order valence-corrected chi connectivity index (χ3v) is 4.55. The van der Waals surface area contributed by atoms with Crippen LogP contribution in [0.5, 0.6) is 0 Å². The highest BCUT2D eigenvalue weighted by atomic mass is 79.9. The second kappa shape index (κ2) is 7.91. The van der Waals surface area contributed by atoms with E-state index < -0.39 is 0 Å². The lowest BCUT2D eigenvalue weighted by Crippen LogP contribution is -2.33. The van der Waals surface area contributed by atoms with Crippen molar-refractivity contribution in [1.82, 2.24) is 10.3 Å². The van der Waals surface area contributed by atoms with Gasteiger partial charge in [-0.15, -0.1) is 11.3 Å². The maximum Gasteiger partial charge on any atom is 0.0897 e. The van der Waals surface area contributed by atoms with Crippen LogP contribution in [0.1, 0.15) is 29.6 Å². The number of aryl methyl sites for hydroxylation is 1. The number of halogens is 1. The summed E-state index contributed by atoms with van der Waals surface area (Å²) < 4.78 is 1.13. The number of hydrogen-bond acceptors (Lipinski definition) is 3. The molecule has 20 heavy (non-hydrogen) atoms. The van der Waals surface area contributed by atoms with E-state index in [0.717, 1.165) is 35.3 Å². The molecule has 2 rings (SSSR count). The molecule has 0 aliphatic heterocycles. The summed E-state index contributed by atoms with van der Waals surface area (Å²) in [6, 6.07) is 9.06. The van der Waals surface area contributed by atoms with Gasteiger partial charge in [0.25, 0.3) is 0 Å². The Bertz CT molecular complexity index is 522. The first kappa shape index (κ1) is 15.7. The molecule has 1 aromatic carbocycles. The fraction of sp³-hybridized carbons (Fsp3) is 0.438. The van der Waals surface area contributed by atoms with Crippen LogP contribution in [0.25, 0.3) is 0 Å². The van der Waals surface area contributed by atoms with Crippen LogP contribution in [0.2, 0.25) is 0 Å². The van der Waals surface area contributed by atoms with Gasteiger partial charge in [0.1, 0.15) is 0 Å². The first-order valence-corrected chi connectivity index (χ1v) is 8.73. The first-order valence-electron chi connectivity index (χ1n) is 7.06. The molecule has 1 aromatic heterocycles. The summed E-state index contributed by atoms with van der Waals surface area (Å²) in [5, 5.41) is 6.97. The van der Waals surface area contributed by atoms with Gasteiger partial charge in [0, 0.05) is 22.3 Å². The summed E-state index contributed by atoms with van der Waals surface area (Å²) >= 11 is 5.22. The second-order valence-electron chi connectivity index (χ2n) is 5.04. The van der Waals surface area contributed by atoms with Crippen LogP contribution >= 0.6 is 27.3 Å². The van der Waals surface area contributed by atoms with Crippen molar-refractivity contribution in [3.8, 4) is 0 Å². The minimum Gasteiger partial charge on any atom is -0.313 e. The van der Waals surface area contributed by atoms with Gasteiger partial charge >= 0.3 is 0 Å². The van der Waals surface area contributed by atoms with Crippen molar-refractivity contribution in [2.24, 2.45) is 0 Å². The van der Waals surface area contributed by atoms with E-state index in [4.69, 9.17) is 0 Å². The molecule has 0 aliphatic rings. The molecule has 1 unspecified atom stereocenters. The Labute approximate surface area is 133 Å². The SMILES string of the molecule is CCCNC(Cc1ccc(Br)cc1)Cc1csc(C)n1. The van der Waals surface area contributed by atoms with Crippen LogP contribution < -0.4 is 5.32 Å². The number of benzene rings is 1. The summed E-state index contributed by atoms with van der Waals surface area (Å²) in [7, 11) is 0. The predicted molar refractivity (Wildman–Crippen MR) is 90.5 cm³/mol. The van der Waals surface area contributed by atoms with Crippen LogP contribution in [-0.4, -0.2) is 17.6 Å². The molecule has 0 bridgehead atoms. The number of rotatable bonds is 7. The van der Waals surface area contributed by atoms with Crippen molar-refractivity contribution in [1.29, 1.82) is 0 Å². The van der Waals surface area contributed by atoms with Crippen LogP contribution in [0.3, 0.4) is 0 Å². The van der Waals surface area contributed by atoms with Gasteiger partial charge in [-0.3, -0.25) is 0 Å². The largest absolute Gasteiger partial charge is 0.313 e. The molecule has 2 aromatic rings. The van der Waals surface area contributed by atoms with E-state index in [0.29, 0.717) is 6.04 Å². The van der Waals surface area contributed by atoms with E-state index in [2.05, 4.69) is 69.7 Å². The van der Waals surface area contributed by atoms with Gasteiger partial charge in [0.15, 0.2) is 0 Å². The number of hydrogen-bond donors (Lipinski definition) is 1. The smallest absolute Gasteiger partial charge is 0.0897 e. The van der Waals surface area contributed by atoms with Crippen molar-refractivity contribution in [3.05, 3.63) is 50.4 Å². The van der Waals surface area contributed by atoms with Crippen molar-refractivity contribution >= 4 is 27.3 Å². The molecule has 0 fully saturated rings. The van der Waals surface area contributed by atoms with Crippen LogP contribution in [0, 0.1) is 6.92 Å². The van der Waals surface area contributed by atoms with E-state index in [1.807, 2.05) is 0 Å². The molecule has 0 saturated carbocycles. The van der Waals surface area contributed by atoms with E-state index in [1.165, 1.54) is 11.3 Å². The topological polar surface area (TPSA) is 24.9 Å². The summed E-state index contributed by atoms with van der Waals surface area (Å²) in [6.07, 6.45) is 3.21. The van der Waals surface area contributed by atoms with Gasteiger partial charge in [-0.2, -0.15) is 0 Å². The van der Waals surface area contributed by atoms with Gasteiger partial charge < -0.3 is 5.32 Å². The van der Waals surface area contributed by atoms with Crippen molar-refractivity contribution < 1.29 is 0 Å². The van der Waals surface area contributed by atoms with Crippen LogP contribution in [0.4, 0.5) is 0 Å². The molecule has 0 amide bonds. The van der Waals surface area contributed by atoms with Gasteiger partial charge in [-0.05, 0) is 44.0 Å². The molecule has 2 nitrogen and oxygen atoms in total. The number of aromatic nitrogens is 1. The van der Waals surface area contributed by atoms with Gasteiger partial charge in [-0.1, -0.05) is 35.0 Å². The Morgan fingerprint density at radius 3 is 2.60 bits per heavy atom. The second-order valence-corrected chi connectivity index (χ2v) is 7.02. The van der Waals surface area contributed by atoms with Crippen LogP contribution in [-0.2, 0) is 12.8 Å². The zero-order valence-electron chi connectivity index (χ0n) is 12.0. The fourth-order valence-electron chi connectivity index (χ4n) is 2.22. The highest BCUT2D eigenvalue weighted by Crippen LogP contribution is 2.15. The third-order valence-electron chi connectivity index (χ3n) is 3.20. The Morgan fingerprint density at radius 2 is 2.00 bits per heavy atom. The molecule has 0 aliphatic carbocycles. The summed E-state index contributed by atoms with van der Waals surface area (Å²) in [6.45, 7) is 5.33. The summed E-state index contributed by atoms with van der Waals surface area (Å²) in [4.78, 5) is 4.59. The molecule has 0 spiro atoms. The maximum absolute atomic E-state index is 4.59. The van der Waals surface area contributed by atoms with E-state index in [9.17, 15) is 0 Å². The predicted octanol–water partition coefficient (Wildman–Crippen LogP) is 4.37. The summed E-state index contributed by atoms with van der Waals surface area (Å²) in [5.41, 5.74) is 2.58. The Hall–Kier alpha value is -0.710. The van der Waals surface area contributed by atoms with Crippen molar-refractivity contribution in [2.45, 2.75) is 39.2 Å². The Balaban J connectivity index is 2.00. The molecule has 108 valence electrons. The van der Waals surface area contributed by atoms with Crippen LogP contribution in [0.15, 0.2) is 34.1 Å². The average Bonchev–Trinajstić information content (AvgIpc) is 2.84. The van der Waals surface area contributed by atoms with Gasteiger partial charge in [-0.25, -0.2) is 4.98 Å².